The van der Waals surface area contributed by atoms with Crippen molar-refractivity contribution in [3.8, 4) is 11.1 Å². The van der Waals surface area contributed by atoms with Crippen molar-refractivity contribution in [2.75, 3.05) is 11.4 Å². The van der Waals surface area contributed by atoms with Crippen molar-refractivity contribution in [2.24, 2.45) is 7.05 Å². The van der Waals surface area contributed by atoms with Crippen LogP contribution in [0.2, 0.25) is 0 Å². The summed E-state index contributed by atoms with van der Waals surface area (Å²) in [5.74, 6) is -0.233. The van der Waals surface area contributed by atoms with Crippen molar-refractivity contribution in [2.45, 2.75) is 19.1 Å². The first-order chi connectivity index (χ1) is 14.7. The Labute approximate surface area is 176 Å². The van der Waals surface area contributed by atoms with Gasteiger partial charge in [-0.25, -0.2) is 0 Å². The van der Waals surface area contributed by atoms with Crippen molar-refractivity contribution in [3.05, 3.63) is 72.2 Å². The summed E-state index contributed by atoms with van der Waals surface area (Å²) in [4.78, 5) is 15.0. The molecule has 1 amide bonds. The Kier molecular flexibility index (Phi) is 4.22. The summed E-state index contributed by atoms with van der Waals surface area (Å²) in [6, 6.07) is 12.5. The summed E-state index contributed by atoms with van der Waals surface area (Å²) < 4.78 is 42.5. The molecule has 158 valence electrons. The number of hydrogen-bond donors (Lipinski definition) is 0. The first-order valence-electron chi connectivity index (χ1n) is 9.86. The fourth-order valence-electron chi connectivity index (χ4n) is 4.20. The summed E-state index contributed by atoms with van der Waals surface area (Å²) in [5.41, 5.74) is 2.87. The molecule has 31 heavy (non-hydrogen) atoms. The van der Waals surface area contributed by atoms with Gasteiger partial charge in [0.1, 0.15) is 5.69 Å². The third-order valence-corrected chi connectivity index (χ3v) is 5.85. The molecule has 0 unspecified atom stereocenters. The van der Waals surface area contributed by atoms with Crippen LogP contribution in [-0.2, 0) is 13.2 Å². The molecule has 0 spiro atoms. The average molecular weight is 424 g/mol. The lowest BCUT2D eigenvalue weighted by atomic mass is 10.0. The summed E-state index contributed by atoms with van der Waals surface area (Å²) in [7, 11) is 1.86. The smallest absolute Gasteiger partial charge is 0.338 e. The van der Waals surface area contributed by atoms with E-state index in [0.717, 1.165) is 34.2 Å². The molecule has 0 radical (unpaired) electrons. The molecule has 5 rings (SSSR count). The minimum Gasteiger partial charge on any atom is -0.338 e. The molecule has 4 aromatic rings. The molecule has 1 aliphatic rings. The highest BCUT2D eigenvalue weighted by Gasteiger charge is 2.34. The normalized spacial score (nSPS) is 16.7. The van der Waals surface area contributed by atoms with Crippen LogP contribution in [-0.4, -0.2) is 26.8 Å². The van der Waals surface area contributed by atoms with Gasteiger partial charge in [0.15, 0.2) is 0 Å². The van der Waals surface area contributed by atoms with Crippen molar-refractivity contribution >= 4 is 22.5 Å². The second-order valence-electron chi connectivity index (χ2n) is 7.84. The van der Waals surface area contributed by atoms with Gasteiger partial charge in [0.2, 0.25) is 0 Å². The van der Waals surface area contributed by atoms with Crippen LogP contribution in [0.4, 0.5) is 18.9 Å². The fraction of sp³-hybridized carbons (Fsp3) is 0.217. The number of hydrogen-bond acceptors (Lipinski definition) is 2. The van der Waals surface area contributed by atoms with Crippen molar-refractivity contribution in [3.63, 3.8) is 0 Å². The Morgan fingerprint density at radius 2 is 1.81 bits per heavy atom. The number of aromatic nitrogens is 3. The molecule has 0 aliphatic carbocycles. The van der Waals surface area contributed by atoms with Gasteiger partial charge in [0.25, 0.3) is 5.91 Å². The quantitative estimate of drug-likeness (QED) is 0.439. The number of fused-ring (bicyclic) bond motifs is 2. The van der Waals surface area contributed by atoms with E-state index >= 15 is 0 Å². The monoisotopic (exact) mass is 424 g/mol. The Hall–Kier alpha value is -3.55. The molecular weight excluding hydrogens is 405 g/mol. The van der Waals surface area contributed by atoms with Crippen LogP contribution >= 0.6 is 0 Å². The van der Waals surface area contributed by atoms with Crippen LogP contribution in [0.15, 0.2) is 60.9 Å². The van der Waals surface area contributed by atoms with E-state index in [1.54, 1.807) is 15.8 Å². The molecule has 1 aliphatic heterocycles. The summed E-state index contributed by atoms with van der Waals surface area (Å²) in [6.45, 7) is 2.37. The number of carbonyl (C=O) groups excluding carboxylic acids is 1. The van der Waals surface area contributed by atoms with E-state index in [1.807, 2.05) is 49.0 Å². The first kappa shape index (κ1) is 19.4. The van der Waals surface area contributed by atoms with Crippen LogP contribution in [0.3, 0.4) is 0 Å². The van der Waals surface area contributed by atoms with Crippen molar-refractivity contribution < 1.29 is 18.0 Å². The highest BCUT2D eigenvalue weighted by molar-refractivity contribution is 6.10. The maximum absolute atomic E-state index is 13.4. The van der Waals surface area contributed by atoms with Gasteiger partial charge < -0.3 is 9.47 Å². The average Bonchev–Trinajstić information content (AvgIpc) is 3.35. The topological polar surface area (TPSA) is 43.1 Å². The second kappa shape index (κ2) is 6.73. The lowest BCUT2D eigenvalue weighted by molar-refractivity contribution is -0.137. The molecular formula is C23H19F3N4O. The van der Waals surface area contributed by atoms with E-state index < -0.39 is 11.7 Å². The lowest BCUT2D eigenvalue weighted by Crippen LogP contribution is -2.42. The maximum atomic E-state index is 13.4. The minimum atomic E-state index is -4.41. The summed E-state index contributed by atoms with van der Waals surface area (Å²) in [6.07, 6.45) is -0.733. The van der Waals surface area contributed by atoms with Crippen LogP contribution in [0.5, 0.6) is 0 Å². The number of carbonyl (C=O) groups is 1. The van der Waals surface area contributed by atoms with Crippen LogP contribution in [0.1, 0.15) is 29.0 Å². The van der Waals surface area contributed by atoms with E-state index in [2.05, 4.69) is 5.10 Å². The Morgan fingerprint density at radius 1 is 1.06 bits per heavy atom. The highest BCUT2D eigenvalue weighted by atomic mass is 19.4. The summed E-state index contributed by atoms with van der Waals surface area (Å²) in [5, 5.41) is 5.27. The predicted molar refractivity (Wildman–Crippen MR) is 112 cm³/mol. The van der Waals surface area contributed by atoms with Gasteiger partial charge in [0, 0.05) is 42.5 Å². The van der Waals surface area contributed by atoms with Crippen molar-refractivity contribution in [1.29, 1.82) is 0 Å². The SMILES string of the molecule is C[C@H]1CN(c2ccc(C(F)(F)F)cc2)C(=O)c2c(-c3ccc4cnn(C)c4c3)ccn21. The number of alkyl halides is 3. The highest BCUT2D eigenvalue weighted by Crippen LogP contribution is 2.36. The molecule has 2 aromatic carbocycles. The number of nitrogens with zero attached hydrogens (tertiary/aromatic N) is 4. The molecule has 3 heterocycles. The third kappa shape index (κ3) is 3.10. The molecule has 0 saturated heterocycles. The zero-order valence-electron chi connectivity index (χ0n) is 16.9. The number of benzene rings is 2. The predicted octanol–water partition coefficient (Wildman–Crippen LogP) is 5.28. The molecule has 2 aromatic heterocycles. The number of halogens is 3. The Balaban J connectivity index is 1.57. The number of aryl methyl sites for hydroxylation is 1. The van der Waals surface area contributed by atoms with Gasteiger partial charge in [-0.3, -0.25) is 9.48 Å². The zero-order valence-corrected chi connectivity index (χ0v) is 16.9. The lowest BCUT2D eigenvalue weighted by Gasteiger charge is -2.33. The molecule has 1 atom stereocenters. The third-order valence-electron chi connectivity index (χ3n) is 5.85. The Morgan fingerprint density at radius 3 is 2.52 bits per heavy atom. The van der Waals surface area contributed by atoms with E-state index in [-0.39, 0.29) is 11.9 Å². The second-order valence-corrected chi connectivity index (χ2v) is 7.84. The van der Waals surface area contributed by atoms with E-state index in [4.69, 9.17) is 0 Å². The number of amides is 1. The van der Waals surface area contributed by atoms with Crippen LogP contribution in [0, 0.1) is 0 Å². The molecule has 0 bridgehead atoms. The standard InChI is InChI=1S/C23H19F3N4O/c1-14-13-30(18-7-5-17(6-8-18)23(24,25)26)22(31)21-19(9-10-29(14)21)15-3-4-16-12-27-28(2)20(16)11-15/h3-12,14H,13H2,1-2H3/t14-/m0/s1. The van der Waals surface area contributed by atoms with Gasteiger partial charge in [-0.2, -0.15) is 18.3 Å². The molecule has 5 nitrogen and oxygen atoms in total. The Bertz CT molecular complexity index is 1300. The van der Waals surface area contributed by atoms with Crippen LogP contribution < -0.4 is 4.90 Å². The van der Waals surface area contributed by atoms with Gasteiger partial charge in [-0.05, 0) is 48.9 Å². The largest absolute Gasteiger partial charge is 0.416 e. The van der Waals surface area contributed by atoms with Gasteiger partial charge >= 0.3 is 6.18 Å². The number of rotatable bonds is 2. The maximum Gasteiger partial charge on any atom is 0.416 e. The van der Waals surface area contributed by atoms with E-state index in [9.17, 15) is 18.0 Å². The van der Waals surface area contributed by atoms with E-state index in [1.165, 1.54) is 12.1 Å². The summed E-state index contributed by atoms with van der Waals surface area (Å²) >= 11 is 0. The molecule has 8 heteroatoms. The zero-order chi connectivity index (χ0) is 21.9. The minimum absolute atomic E-state index is 0.0239. The molecule has 0 saturated carbocycles. The van der Waals surface area contributed by atoms with Gasteiger partial charge in [-0.15, -0.1) is 0 Å². The van der Waals surface area contributed by atoms with Gasteiger partial charge in [-0.1, -0.05) is 12.1 Å². The fourth-order valence-corrected chi connectivity index (χ4v) is 4.20. The van der Waals surface area contributed by atoms with Crippen LogP contribution in [0.25, 0.3) is 22.0 Å². The number of anilines is 1. The molecule has 0 N–H and O–H groups in total. The van der Waals surface area contributed by atoms with E-state index in [0.29, 0.717) is 17.9 Å². The first-order valence-corrected chi connectivity index (χ1v) is 9.86. The van der Waals surface area contributed by atoms with Crippen molar-refractivity contribution in [1.82, 2.24) is 14.3 Å². The molecule has 0 fully saturated rings. The van der Waals surface area contributed by atoms with Gasteiger partial charge in [0.05, 0.1) is 17.3 Å².